The third-order valence-electron chi connectivity index (χ3n) is 7.31. The molecule has 46 heavy (non-hydrogen) atoms. The van der Waals surface area contributed by atoms with Crippen molar-refractivity contribution in [2.75, 3.05) is 0 Å². The molecule has 1 saturated heterocycles. The van der Waals surface area contributed by atoms with Gasteiger partial charge < -0.3 is 34.6 Å². The lowest BCUT2D eigenvalue weighted by atomic mass is 9.69. The van der Waals surface area contributed by atoms with E-state index in [0.717, 1.165) is 24.3 Å². The highest BCUT2D eigenvalue weighted by atomic mass is 16.6. The van der Waals surface area contributed by atoms with E-state index >= 15 is 0 Å². The zero-order chi connectivity index (χ0) is 33.2. The average molecular weight is 627 g/mol. The van der Waals surface area contributed by atoms with E-state index < -0.39 is 63.5 Å². The first kappa shape index (κ1) is 30.9. The Morgan fingerprint density at radius 1 is 0.500 bits per heavy atom. The van der Waals surface area contributed by atoms with Gasteiger partial charge in [-0.3, -0.25) is 9.59 Å². The normalized spacial score (nSPS) is 13.7. The molecule has 1 aliphatic rings. The largest absolute Gasteiger partial charge is 0.478 e. The van der Waals surface area contributed by atoms with Crippen molar-refractivity contribution in [3.8, 4) is 23.0 Å². The second-order valence-electron chi connectivity index (χ2n) is 10.2. The minimum Gasteiger partial charge on any atom is -0.478 e. The molecule has 0 bridgehead atoms. The number of carboxylic acids is 4. The standard InChI is InChI=1S/C33H22O13/c34-27-15-33(16-28(35)46-27,17-1-5-19(6-2-17)44-21-9-11-23(29(36)37)25(13-21)31(40)41)18-3-7-20(8-4-18)45-22-10-12-24(30(38)39)26(14-22)32(42)43/h1-14H,15-16H2,(H,36,37)(H,38,39)(H,40,41)(H,42,43). The first-order valence-corrected chi connectivity index (χ1v) is 13.4. The minimum absolute atomic E-state index is 0.0740. The molecular weight excluding hydrogens is 604 g/mol. The summed E-state index contributed by atoms with van der Waals surface area (Å²) in [5.41, 5.74) is -1.74. The smallest absolute Gasteiger partial charge is 0.336 e. The number of rotatable bonds is 10. The van der Waals surface area contributed by atoms with E-state index in [1.165, 1.54) is 12.1 Å². The molecular formula is C33H22O13. The van der Waals surface area contributed by atoms with E-state index in [1.54, 1.807) is 48.5 Å². The number of carboxylic acid groups (broad SMARTS) is 4. The fourth-order valence-corrected chi connectivity index (χ4v) is 5.19. The molecule has 232 valence electrons. The molecule has 1 fully saturated rings. The number of cyclic esters (lactones) is 2. The zero-order valence-electron chi connectivity index (χ0n) is 23.5. The number of esters is 2. The molecule has 1 heterocycles. The molecule has 4 aromatic rings. The van der Waals surface area contributed by atoms with Crippen LogP contribution in [0.4, 0.5) is 0 Å². The molecule has 0 saturated carbocycles. The van der Waals surface area contributed by atoms with E-state index in [1.807, 2.05) is 0 Å². The van der Waals surface area contributed by atoms with Gasteiger partial charge in [-0.2, -0.15) is 0 Å². The summed E-state index contributed by atoms with van der Waals surface area (Å²) in [6.07, 6.45) is -0.368. The topological polar surface area (TPSA) is 211 Å². The quantitative estimate of drug-likeness (QED) is 0.132. The number of hydrogen-bond acceptors (Lipinski definition) is 9. The van der Waals surface area contributed by atoms with Gasteiger partial charge in [-0.05, 0) is 71.8 Å². The molecule has 0 amide bonds. The van der Waals surface area contributed by atoms with Gasteiger partial charge in [0, 0.05) is 5.41 Å². The van der Waals surface area contributed by atoms with Crippen LogP contribution in [0.25, 0.3) is 0 Å². The van der Waals surface area contributed by atoms with Crippen LogP contribution in [0.5, 0.6) is 23.0 Å². The summed E-state index contributed by atoms with van der Waals surface area (Å²) in [5, 5.41) is 37.2. The summed E-state index contributed by atoms with van der Waals surface area (Å²) in [4.78, 5) is 70.7. The van der Waals surface area contributed by atoms with Gasteiger partial charge in [0.25, 0.3) is 0 Å². The van der Waals surface area contributed by atoms with Crippen LogP contribution in [0.15, 0.2) is 84.9 Å². The molecule has 4 aromatic carbocycles. The van der Waals surface area contributed by atoms with Crippen molar-refractivity contribution < 1.29 is 63.4 Å². The van der Waals surface area contributed by atoms with Gasteiger partial charge in [-0.1, -0.05) is 24.3 Å². The van der Waals surface area contributed by atoms with Crippen LogP contribution in [-0.2, 0) is 19.7 Å². The van der Waals surface area contributed by atoms with Crippen molar-refractivity contribution in [1.82, 2.24) is 0 Å². The fourth-order valence-electron chi connectivity index (χ4n) is 5.19. The molecule has 0 aliphatic carbocycles. The first-order chi connectivity index (χ1) is 21.9. The van der Waals surface area contributed by atoms with E-state index in [9.17, 15) is 49.2 Å². The number of hydrogen-bond donors (Lipinski definition) is 4. The van der Waals surface area contributed by atoms with Crippen molar-refractivity contribution in [1.29, 1.82) is 0 Å². The van der Waals surface area contributed by atoms with Crippen molar-refractivity contribution >= 4 is 35.8 Å². The van der Waals surface area contributed by atoms with Gasteiger partial charge >= 0.3 is 35.8 Å². The maximum atomic E-state index is 12.5. The molecule has 0 aromatic heterocycles. The second-order valence-corrected chi connectivity index (χ2v) is 10.2. The summed E-state index contributed by atoms with van der Waals surface area (Å²) in [6, 6.07) is 19.8. The number of aromatic carboxylic acids is 4. The second kappa shape index (κ2) is 12.2. The van der Waals surface area contributed by atoms with E-state index in [-0.39, 0.29) is 35.8 Å². The van der Waals surface area contributed by atoms with Crippen LogP contribution in [0.2, 0.25) is 0 Å². The predicted molar refractivity (Wildman–Crippen MR) is 155 cm³/mol. The molecule has 0 radical (unpaired) electrons. The Balaban J connectivity index is 1.43. The highest BCUT2D eigenvalue weighted by molar-refractivity contribution is 6.02. The Kier molecular flexibility index (Phi) is 8.23. The van der Waals surface area contributed by atoms with Crippen molar-refractivity contribution in [3.05, 3.63) is 118 Å². The third kappa shape index (κ3) is 6.24. The maximum Gasteiger partial charge on any atom is 0.336 e. The van der Waals surface area contributed by atoms with Crippen molar-refractivity contribution in [2.24, 2.45) is 0 Å². The van der Waals surface area contributed by atoms with Crippen LogP contribution in [0, 0.1) is 0 Å². The SMILES string of the molecule is O=C1CC(c2ccc(Oc3ccc(C(=O)O)c(C(=O)O)c3)cc2)(c2ccc(Oc3ccc(C(=O)O)c(C(=O)O)c3)cc2)CC(=O)O1. The van der Waals surface area contributed by atoms with Crippen LogP contribution >= 0.6 is 0 Å². The summed E-state index contributed by atoms with van der Waals surface area (Å²) in [7, 11) is 0. The van der Waals surface area contributed by atoms with Crippen molar-refractivity contribution in [2.45, 2.75) is 18.3 Å². The Hall–Kier alpha value is -6.50. The highest BCUT2D eigenvalue weighted by Gasteiger charge is 2.44. The third-order valence-corrected chi connectivity index (χ3v) is 7.31. The van der Waals surface area contributed by atoms with Crippen LogP contribution < -0.4 is 9.47 Å². The molecule has 13 nitrogen and oxygen atoms in total. The van der Waals surface area contributed by atoms with Gasteiger partial charge in [0.15, 0.2) is 0 Å². The summed E-state index contributed by atoms with van der Waals surface area (Å²) >= 11 is 0. The molecule has 1 aliphatic heterocycles. The Bertz CT molecular complexity index is 1770. The number of benzene rings is 4. The van der Waals surface area contributed by atoms with Crippen LogP contribution in [0.3, 0.4) is 0 Å². The highest BCUT2D eigenvalue weighted by Crippen LogP contribution is 2.43. The first-order valence-electron chi connectivity index (χ1n) is 13.4. The van der Waals surface area contributed by atoms with Crippen molar-refractivity contribution in [3.63, 3.8) is 0 Å². The maximum absolute atomic E-state index is 12.5. The Morgan fingerprint density at radius 3 is 1.15 bits per heavy atom. The zero-order valence-corrected chi connectivity index (χ0v) is 23.5. The summed E-state index contributed by atoms with van der Waals surface area (Å²) in [6.45, 7) is 0. The molecule has 0 unspecified atom stereocenters. The number of ether oxygens (including phenoxy) is 3. The molecule has 4 N–H and O–H groups in total. The fraction of sp³-hybridized carbons (Fsp3) is 0.0909. The Morgan fingerprint density at radius 2 is 0.826 bits per heavy atom. The lowest BCUT2D eigenvalue weighted by Crippen LogP contribution is -2.40. The predicted octanol–water partition coefficient (Wildman–Crippen LogP) is 5.21. The van der Waals surface area contributed by atoms with Gasteiger partial charge in [-0.15, -0.1) is 0 Å². The average Bonchev–Trinajstić information content (AvgIpc) is 3.01. The lowest BCUT2D eigenvalue weighted by Gasteiger charge is -2.36. The minimum atomic E-state index is -1.44. The number of carbonyl (C=O) groups is 6. The molecule has 5 rings (SSSR count). The van der Waals surface area contributed by atoms with Gasteiger partial charge in [0.1, 0.15) is 23.0 Å². The van der Waals surface area contributed by atoms with E-state index in [0.29, 0.717) is 11.1 Å². The van der Waals surface area contributed by atoms with E-state index in [2.05, 4.69) is 0 Å². The van der Waals surface area contributed by atoms with E-state index in [4.69, 9.17) is 14.2 Å². The molecule has 13 heteroatoms. The lowest BCUT2D eigenvalue weighted by molar-refractivity contribution is -0.165. The van der Waals surface area contributed by atoms with Crippen LogP contribution in [-0.4, -0.2) is 56.2 Å². The molecule has 0 spiro atoms. The van der Waals surface area contributed by atoms with Gasteiger partial charge in [-0.25, -0.2) is 19.2 Å². The van der Waals surface area contributed by atoms with Gasteiger partial charge in [0.2, 0.25) is 0 Å². The summed E-state index contributed by atoms with van der Waals surface area (Å²) < 4.78 is 16.3. The Labute approximate surface area is 258 Å². The summed E-state index contributed by atoms with van der Waals surface area (Å²) in [5.74, 6) is -6.48. The van der Waals surface area contributed by atoms with Gasteiger partial charge in [0.05, 0.1) is 35.1 Å². The number of carbonyl (C=O) groups excluding carboxylic acids is 2. The van der Waals surface area contributed by atoms with Crippen LogP contribution in [0.1, 0.15) is 65.4 Å². The molecule has 0 atom stereocenters. The monoisotopic (exact) mass is 626 g/mol.